The molecular formula is C19H36ClN3O2. The van der Waals surface area contributed by atoms with E-state index in [0.29, 0.717) is 36.6 Å². The van der Waals surface area contributed by atoms with Crippen molar-refractivity contribution in [2.45, 2.75) is 52.9 Å². The third-order valence-electron chi connectivity index (χ3n) is 5.60. The zero-order valence-corrected chi connectivity index (χ0v) is 16.9. The number of carbonyl (C=O) groups excluding carboxylic acids is 2. The Kier molecular flexibility index (Phi) is 9.80. The molecule has 6 heteroatoms. The first-order chi connectivity index (χ1) is 11.5. The normalized spacial score (nSPS) is 25.2. The molecule has 0 radical (unpaired) electrons. The first-order valence-corrected chi connectivity index (χ1v) is 9.73. The van der Waals surface area contributed by atoms with Gasteiger partial charge in [0, 0.05) is 32.0 Å². The number of amides is 2. The molecule has 0 aromatic carbocycles. The van der Waals surface area contributed by atoms with Crippen LogP contribution in [0, 0.1) is 23.7 Å². The van der Waals surface area contributed by atoms with Gasteiger partial charge in [-0.25, -0.2) is 0 Å². The largest absolute Gasteiger partial charge is 0.356 e. The number of halogens is 1. The summed E-state index contributed by atoms with van der Waals surface area (Å²) >= 11 is 0. The second-order valence-corrected chi connectivity index (χ2v) is 8.04. The first-order valence-electron chi connectivity index (χ1n) is 9.73. The predicted octanol–water partition coefficient (Wildman–Crippen LogP) is 2.44. The van der Waals surface area contributed by atoms with Crippen molar-refractivity contribution in [2.75, 3.05) is 32.7 Å². The lowest BCUT2D eigenvalue weighted by molar-refractivity contribution is -0.134. The highest BCUT2D eigenvalue weighted by molar-refractivity contribution is 5.85. The second-order valence-electron chi connectivity index (χ2n) is 8.04. The molecule has 2 rings (SSSR count). The SMILES string of the molecule is CC(C)C(=O)NCC1CCCN(C(=O)CC(C)C2CCCNC2)C1.Cl. The third kappa shape index (κ3) is 7.14. The van der Waals surface area contributed by atoms with E-state index >= 15 is 0 Å². The Morgan fingerprint density at radius 1 is 1.20 bits per heavy atom. The maximum absolute atomic E-state index is 12.7. The Morgan fingerprint density at radius 2 is 1.96 bits per heavy atom. The van der Waals surface area contributed by atoms with E-state index in [1.807, 2.05) is 18.7 Å². The fourth-order valence-corrected chi connectivity index (χ4v) is 3.84. The van der Waals surface area contributed by atoms with Gasteiger partial charge in [-0.05, 0) is 56.5 Å². The molecule has 0 aromatic heterocycles. The summed E-state index contributed by atoms with van der Waals surface area (Å²) in [6.45, 7) is 10.6. The van der Waals surface area contributed by atoms with Crippen LogP contribution in [-0.2, 0) is 9.59 Å². The Balaban J connectivity index is 0.00000312. The summed E-state index contributed by atoms with van der Waals surface area (Å²) in [5.74, 6) is 1.91. The standard InChI is InChI=1S/C19H35N3O2.ClH/c1-14(2)19(24)21-11-16-6-5-9-22(13-16)18(23)10-15(3)17-7-4-8-20-12-17;/h14-17,20H,4-13H2,1-3H3,(H,21,24);1H. The molecule has 2 N–H and O–H groups in total. The van der Waals surface area contributed by atoms with Crippen molar-refractivity contribution < 1.29 is 9.59 Å². The van der Waals surface area contributed by atoms with Crippen LogP contribution in [-0.4, -0.2) is 49.4 Å². The van der Waals surface area contributed by atoms with E-state index in [-0.39, 0.29) is 24.2 Å². The fraction of sp³-hybridized carbons (Fsp3) is 0.895. The monoisotopic (exact) mass is 373 g/mol. The van der Waals surface area contributed by atoms with E-state index in [4.69, 9.17) is 0 Å². The van der Waals surface area contributed by atoms with Gasteiger partial charge in [0.2, 0.25) is 11.8 Å². The van der Waals surface area contributed by atoms with Crippen molar-refractivity contribution in [1.82, 2.24) is 15.5 Å². The van der Waals surface area contributed by atoms with Crippen LogP contribution in [0.4, 0.5) is 0 Å². The number of likely N-dealkylation sites (tertiary alicyclic amines) is 1. The molecule has 25 heavy (non-hydrogen) atoms. The summed E-state index contributed by atoms with van der Waals surface area (Å²) in [4.78, 5) is 26.4. The number of hydrogen-bond acceptors (Lipinski definition) is 3. The van der Waals surface area contributed by atoms with Crippen molar-refractivity contribution in [2.24, 2.45) is 23.7 Å². The second kappa shape index (κ2) is 11.0. The molecule has 2 aliphatic rings. The fourth-order valence-electron chi connectivity index (χ4n) is 3.84. The molecule has 2 saturated heterocycles. The van der Waals surface area contributed by atoms with Gasteiger partial charge >= 0.3 is 0 Å². The number of carbonyl (C=O) groups is 2. The highest BCUT2D eigenvalue weighted by atomic mass is 35.5. The van der Waals surface area contributed by atoms with Crippen LogP contribution < -0.4 is 10.6 Å². The average Bonchev–Trinajstić information content (AvgIpc) is 2.60. The van der Waals surface area contributed by atoms with Gasteiger partial charge in [-0.3, -0.25) is 9.59 Å². The smallest absolute Gasteiger partial charge is 0.222 e. The van der Waals surface area contributed by atoms with Crippen LogP contribution in [0.1, 0.15) is 52.9 Å². The van der Waals surface area contributed by atoms with Crippen LogP contribution in [0.5, 0.6) is 0 Å². The van der Waals surface area contributed by atoms with Gasteiger partial charge in [-0.1, -0.05) is 20.8 Å². The Morgan fingerprint density at radius 3 is 2.60 bits per heavy atom. The van der Waals surface area contributed by atoms with E-state index < -0.39 is 0 Å². The predicted molar refractivity (Wildman–Crippen MR) is 104 cm³/mol. The molecule has 0 aliphatic carbocycles. The number of nitrogens with zero attached hydrogens (tertiary/aromatic N) is 1. The summed E-state index contributed by atoms with van der Waals surface area (Å²) in [5, 5.41) is 6.47. The van der Waals surface area contributed by atoms with Crippen LogP contribution in [0.3, 0.4) is 0 Å². The van der Waals surface area contributed by atoms with E-state index in [2.05, 4.69) is 17.6 Å². The van der Waals surface area contributed by atoms with Crippen LogP contribution >= 0.6 is 12.4 Å². The lowest BCUT2D eigenvalue weighted by Crippen LogP contribution is -2.45. The van der Waals surface area contributed by atoms with Gasteiger partial charge in [0.15, 0.2) is 0 Å². The summed E-state index contributed by atoms with van der Waals surface area (Å²) in [6, 6.07) is 0. The molecular weight excluding hydrogens is 338 g/mol. The maximum atomic E-state index is 12.7. The quantitative estimate of drug-likeness (QED) is 0.751. The topological polar surface area (TPSA) is 61.4 Å². The van der Waals surface area contributed by atoms with Crippen molar-refractivity contribution in [3.63, 3.8) is 0 Å². The van der Waals surface area contributed by atoms with Gasteiger partial charge in [-0.15, -0.1) is 12.4 Å². The zero-order chi connectivity index (χ0) is 17.5. The summed E-state index contributed by atoms with van der Waals surface area (Å²) < 4.78 is 0. The number of rotatable bonds is 6. The van der Waals surface area contributed by atoms with Crippen LogP contribution in [0.25, 0.3) is 0 Å². The lowest BCUT2D eigenvalue weighted by Gasteiger charge is -2.35. The molecule has 2 aliphatic heterocycles. The number of hydrogen-bond donors (Lipinski definition) is 2. The minimum atomic E-state index is 0. The van der Waals surface area contributed by atoms with Gasteiger partial charge in [0.05, 0.1) is 0 Å². The molecule has 146 valence electrons. The lowest BCUT2D eigenvalue weighted by atomic mass is 9.85. The summed E-state index contributed by atoms with van der Waals surface area (Å²) in [7, 11) is 0. The van der Waals surface area contributed by atoms with Gasteiger partial charge in [0.25, 0.3) is 0 Å². The van der Waals surface area contributed by atoms with Crippen molar-refractivity contribution in [3.05, 3.63) is 0 Å². The Hall–Kier alpha value is -0.810. The molecule has 0 saturated carbocycles. The Labute approximate surface area is 159 Å². The zero-order valence-electron chi connectivity index (χ0n) is 16.1. The molecule has 2 amide bonds. The summed E-state index contributed by atoms with van der Waals surface area (Å²) in [6.07, 6.45) is 5.28. The van der Waals surface area contributed by atoms with Gasteiger partial charge in [-0.2, -0.15) is 0 Å². The maximum Gasteiger partial charge on any atom is 0.222 e. The first kappa shape index (κ1) is 22.2. The molecule has 5 nitrogen and oxygen atoms in total. The Bertz CT molecular complexity index is 425. The van der Waals surface area contributed by atoms with Crippen molar-refractivity contribution >= 4 is 24.2 Å². The summed E-state index contributed by atoms with van der Waals surface area (Å²) in [5.41, 5.74) is 0. The number of piperidine rings is 2. The highest BCUT2D eigenvalue weighted by Crippen LogP contribution is 2.24. The van der Waals surface area contributed by atoms with Crippen LogP contribution in [0.2, 0.25) is 0 Å². The van der Waals surface area contributed by atoms with E-state index in [1.54, 1.807) is 0 Å². The molecule has 0 bridgehead atoms. The molecule has 0 aromatic rings. The molecule has 0 spiro atoms. The molecule has 2 heterocycles. The van der Waals surface area contributed by atoms with E-state index in [0.717, 1.165) is 39.0 Å². The van der Waals surface area contributed by atoms with Crippen molar-refractivity contribution in [3.8, 4) is 0 Å². The minimum absolute atomic E-state index is 0. The minimum Gasteiger partial charge on any atom is -0.356 e. The van der Waals surface area contributed by atoms with E-state index in [1.165, 1.54) is 12.8 Å². The molecule has 3 atom stereocenters. The average molecular weight is 374 g/mol. The van der Waals surface area contributed by atoms with Gasteiger partial charge < -0.3 is 15.5 Å². The highest BCUT2D eigenvalue weighted by Gasteiger charge is 2.27. The number of nitrogens with one attached hydrogen (secondary N) is 2. The molecule has 2 fully saturated rings. The molecule has 3 unspecified atom stereocenters. The van der Waals surface area contributed by atoms with E-state index in [9.17, 15) is 9.59 Å². The van der Waals surface area contributed by atoms with Gasteiger partial charge in [0.1, 0.15) is 0 Å². The van der Waals surface area contributed by atoms with Crippen molar-refractivity contribution in [1.29, 1.82) is 0 Å². The third-order valence-corrected chi connectivity index (χ3v) is 5.60. The van der Waals surface area contributed by atoms with Crippen LogP contribution in [0.15, 0.2) is 0 Å².